The molecule has 0 radical (unpaired) electrons. The van der Waals surface area contributed by atoms with Gasteiger partial charge < -0.3 is 24.6 Å². The van der Waals surface area contributed by atoms with E-state index in [1.165, 1.54) is 12.5 Å². The summed E-state index contributed by atoms with van der Waals surface area (Å²) in [6.07, 6.45) is -4.61. The molecule has 0 saturated heterocycles. The summed E-state index contributed by atoms with van der Waals surface area (Å²) in [6, 6.07) is 5.57. The molecule has 1 unspecified atom stereocenters. The Morgan fingerprint density at radius 1 is 1.20 bits per heavy atom. The normalized spacial score (nSPS) is 12.3. The molecule has 16 heteroatoms. The molecule has 0 fully saturated rings. The molecule has 0 aliphatic rings. The number of hydrogen-bond donors (Lipinski definition) is 2. The molecular weight excluding hydrogens is 625 g/mol. The van der Waals surface area contributed by atoms with Crippen LogP contribution in [0.4, 0.5) is 26.7 Å². The van der Waals surface area contributed by atoms with E-state index >= 15 is 4.39 Å². The van der Waals surface area contributed by atoms with Crippen molar-refractivity contribution in [2.45, 2.75) is 18.8 Å². The maximum atomic E-state index is 15.0. The number of nitrogens with zero attached hydrogens (tertiary/aromatic N) is 4. The van der Waals surface area contributed by atoms with Crippen LogP contribution in [-0.4, -0.2) is 43.1 Å². The lowest BCUT2D eigenvalue weighted by Gasteiger charge is -2.25. The van der Waals surface area contributed by atoms with Crippen molar-refractivity contribution in [2.24, 2.45) is 12.8 Å². The smallest absolute Gasteiger partial charge is 0.416 e. The molecule has 2 amide bonds. The molecule has 216 valence electrons. The van der Waals surface area contributed by atoms with Gasteiger partial charge in [-0.2, -0.15) is 13.2 Å². The standard InChI is InChI=1S/C25H19BrF5N5O5/c1-35-11-33-8-14(35)9-36(24(38)39)10-17(40-16-7-6-15(27)18(19(16)28)22(32)37)23-34-20(21(26)41-23)12-2-4-13(5-3-12)25(29,30)31/h2-8,11,17H,9-10H2,1H3,(H2,32,37)(H,38,39). The zero-order valence-corrected chi connectivity index (χ0v) is 22.4. The second-order valence-corrected chi connectivity index (χ2v) is 9.33. The highest BCUT2D eigenvalue weighted by molar-refractivity contribution is 9.10. The van der Waals surface area contributed by atoms with E-state index in [0.717, 1.165) is 41.3 Å². The van der Waals surface area contributed by atoms with Crippen molar-refractivity contribution >= 4 is 27.9 Å². The summed E-state index contributed by atoms with van der Waals surface area (Å²) in [6.45, 7) is -0.722. The predicted octanol–water partition coefficient (Wildman–Crippen LogP) is 5.53. The van der Waals surface area contributed by atoms with Crippen molar-refractivity contribution in [3.8, 4) is 17.0 Å². The average Bonchev–Trinajstić information content (AvgIpc) is 3.48. The highest BCUT2D eigenvalue weighted by Gasteiger charge is 2.32. The Hall–Kier alpha value is -4.47. The number of primary amides is 1. The summed E-state index contributed by atoms with van der Waals surface area (Å²) >= 11 is 3.14. The average molecular weight is 644 g/mol. The summed E-state index contributed by atoms with van der Waals surface area (Å²) in [7, 11) is 1.64. The van der Waals surface area contributed by atoms with Gasteiger partial charge in [0.05, 0.1) is 30.7 Å². The third-order valence-electron chi connectivity index (χ3n) is 5.86. The van der Waals surface area contributed by atoms with Crippen LogP contribution in [0.3, 0.4) is 0 Å². The first-order valence-electron chi connectivity index (χ1n) is 11.5. The number of carboxylic acid groups (broad SMARTS) is 1. The number of amides is 2. The minimum atomic E-state index is -4.57. The number of aromatic nitrogens is 3. The Morgan fingerprint density at radius 2 is 1.88 bits per heavy atom. The fourth-order valence-electron chi connectivity index (χ4n) is 3.76. The maximum Gasteiger partial charge on any atom is 0.416 e. The monoisotopic (exact) mass is 643 g/mol. The molecule has 10 nitrogen and oxygen atoms in total. The van der Waals surface area contributed by atoms with Crippen molar-refractivity contribution in [3.63, 3.8) is 0 Å². The van der Waals surface area contributed by atoms with E-state index in [1.54, 1.807) is 11.6 Å². The molecule has 0 bridgehead atoms. The summed E-state index contributed by atoms with van der Waals surface area (Å²) < 4.78 is 80.9. The van der Waals surface area contributed by atoms with Gasteiger partial charge in [-0.15, -0.1) is 0 Å². The van der Waals surface area contributed by atoms with Crippen molar-refractivity contribution in [1.82, 2.24) is 19.4 Å². The number of imidazole rings is 1. The third-order valence-corrected chi connectivity index (χ3v) is 6.40. The van der Waals surface area contributed by atoms with Gasteiger partial charge in [0, 0.05) is 18.8 Å². The first-order valence-corrected chi connectivity index (χ1v) is 12.3. The number of oxazole rings is 1. The van der Waals surface area contributed by atoms with Gasteiger partial charge in [0.25, 0.3) is 5.91 Å². The van der Waals surface area contributed by atoms with E-state index in [0.29, 0.717) is 5.69 Å². The number of carbonyl (C=O) groups is 2. The number of carbonyl (C=O) groups excluding carboxylic acids is 1. The molecule has 2 heterocycles. The minimum absolute atomic E-state index is 0.0354. The summed E-state index contributed by atoms with van der Waals surface area (Å²) in [4.78, 5) is 32.8. The largest absolute Gasteiger partial charge is 0.476 e. The first kappa shape index (κ1) is 29.5. The number of benzene rings is 2. The lowest BCUT2D eigenvalue weighted by atomic mass is 10.1. The zero-order chi connectivity index (χ0) is 30.1. The summed E-state index contributed by atoms with van der Waals surface area (Å²) in [5, 5.41) is 9.87. The Balaban J connectivity index is 1.74. The highest BCUT2D eigenvalue weighted by Crippen LogP contribution is 2.36. The van der Waals surface area contributed by atoms with Gasteiger partial charge in [-0.1, -0.05) is 12.1 Å². The molecule has 2 aromatic carbocycles. The van der Waals surface area contributed by atoms with Gasteiger partial charge in [-0.3, -0.25) is 9.69 Å². The quantitative estimate of drug-likeness (QED) is 0.229. The van der Waals surface area contributed by atoms with Gasteiger partial charge in [-0.25, -0.2) is 23.5 Å². The van der Waals surface area contributed by atoms with Crippen LogP contribution in [-0.2, 0) is 19.8 Å². The molecule has 4 aromatic rings. The molecule has 0 aliphatic carbocycles. The van der Waals surface area contributed by atoms with Gasteiger partial charge in [-0.05, 0) is 40.2 Å². The highest BCUT2D eigenvalue weighted by atomic mass is 79.9. The summed E-state index contributed by atoms with van der Waals surface area (Å²) in [5.41, 5.74) is 3.83. The van der Waals surface area contributed by atoms with Crippen LogP contribution in [0.2, 0.25) is 0 Å². The lowest BCUT2D eigenvalue weighted by molar-refractivity contribution is -0.137. The topological polar surface area (TPSA) is 137 Å². The predicted molar refractivity (Wildman–Crippen MR) is 135 cm³/mol. The molecule has 3 N–H and O–H groups in total. The van der Waals surface area contributed by atoms with E-state index in [9.17, 15) is 32.3 Å². The fourth-order valence-corrected chi connectivity index (χ4v) is 4.25. The van der Waals surface area contributed by atoms with Gasteiger partial charge in [0.2, 0.25) is 5.89 Å². The number of ether oxygens (including phenoxy) is 1. The van der Waals surface area contributed by atoms with Gasteiger partial charge >= 0.3 is 12.3 Å². The number of hydrogen-bond acceptors (Lipinski definition) is 6. The van der Waals surface area contributed by atoms with Crippen molar-refractivity contribution in [3.05, 3.63) is 87.9 Å². The molecule has 41 heavy (non-hydrogen) atoms. The van der Waals surface area contributed by atoms with Crippen LogP contribution in [0.25, 0.3) is 11.3 Å². The molecule has 2 aromatic heterocycles. The van der Waals surface area contributed by atoms with Crippen LogP contribution >= 0.6 is 15.9 Å². The maximum absolute atomic E-state index is 15.0. The minimum Gasteiger partial charge on any atom is -0.476 e. The number of aryl methyl sites for hydroxylation is 1. The number of nitrogens with two attached hydrogens (primary N) is 1. The fraction of sp³-hybridized carbons (Fsp3) is 0.200. The van der Waals surface area contributed by atoms with Gasteiger partial charge in [0.1, 0.15) is 17.1 Å². The number of rotatable bonds is 9. The first-order chi connectivity index (χ1) is 19.3. The summed E-state index contributed by atoms with van der Waals surface area (Å²) in [5.74, 6) is -5.07. The van der Waals surface area contributed by atoms with Crippen LogP contribution in [0.15, 0.2) is 58.0 Å². The van der Waals surface area contributed by atoms with Crippen LogP contribution in [0.1, 0.15) is 33.6 Å². The molecule has 0 spiro atoms. The lowest BCUT2D eigenvalue weighted by Crippen LogP contribution is -2.35. The van der Waals surface area contributed by atoms with E-state index in [1.807, 2.05) is 0 Å². The van der Waals surface area contributed by atoms with E-state index in [4.69, 9.17) is 14.9 Å². The molecular formula is C25H19BrF5N5O5. The molecule has 0 saturated carbocycles. The van der Waals surface area contributed by atoms with Crippen LogP contribution in [0, 0.1) is 11.6 Å². The van der Waals surface area contributed by atoms with Crippen molar-refractivity contribution in [1.29, 1.82) is 0 Å². The molecule has 0 aliphatic heterocycles. The Morgan fingerprint density at radius 3 is 2.44 bits per heavy atom. The molecule has 4 rings (SSSR count). The van der Waals surface area contributed by atoms with Crippen LogP contribution in [0.5, 0.6) is 5.75 Å². The van der Waals surface area contributed by atoms with E-state index in [-0.39, 0.29) is 28.4 Å². The Kier molecular flexibility index (Phi) is 8.32. The number of halogens is 6. The van der Waals surface area contributed by atoms with Crippen molar-refractivity contribution in [2.75, 3.05) is 6.54 Å². The SMILES string of the molecule is Cn1cncc1CN(CC(Oc1ccc(F)c(C(N)=O)c1F)c1nc(-c2ccc(C(F)(F)F)cc2)c(Br)o1)C(=O)O. The van der Waals surface area contributed by atoms with Crippen LogP contribution < -0.4 is 10.5 Å². The Bertz CT molecular complexity index is 1590. The second-order valence-electron chi connectivity index (χ2n) is 8.61. The molecule has 1 atom stereocenters. The third kappa shape index (κ3) is 6.48. The second kappa shape index (κ2) is 11.6. The van der Waals surface area contributed by atoms with E-state index < -0.39 is 59.3 Å². The Labute approximate surface area is 236 Å². The van der Waals surface area contributed by atoms with E-state index in [2.05, 4.69) is 25.9 Å². The van der Waals surface area contributed by atoms with Crippen molar-refractivity contribution < 1.29 is 45.8 Å². The number of alkyl halides is 3. The van der Waals surface area contributed by atoms with Gasteiger partial charge in [0.15, 0.2) is 22.3 Å². The zero-order valence-electron chi connectivity index (χ0n) is 20.8.